The van der Waals surface area contributed by atoms with E-state index in [1.165, 1.54) is 38.2 Å². The Morgan fingerprint density at radius 2 is 1.25 bits per heavy atom. The number of esters is 1. The molecule has 1 N–H and O–H groups in total. The highest BCUT2D eigenvalue weighted by molar-refractivity contribution is 5.73. The third-order valence-electron chi connectivity index (χ3n) is 10.0. The summed E-state index contributed by atoms with van der Waals surface area (Å²) in [5, 5.41) is 13.3. The Labute approximate surface area is 316 Å². The van der Waals surface area contributed by atoms with Crippen molar-refractivity contribution in [1.82, 2.24) is 20.0 Å². The zero-order chi connectivity index (χ0) is 38.3. The van der Waals surface area contributed by atoms with Gasteiger partial charge in [0.1, 0.15) is 17.6 Å². The molecule has 0 aliphatic carbocycles. The fourth-order valence-corrected chi connectivity index (χ4v) is 7.66. The number of piperidine rings is 1. The number of aromatic hydroxyl groups is 1. The number of aryl methyl sites for hydroxylation is 4. The summed E-state index contributed by atoms with van der Waals surface area (Å²) in [6.07, 6.45) is 8.30. The summed E-state index contributed by atoms with van der Waals surface area (Å²) >= 11 is 0. The SMILES string of the molecule is CCCCCCCCON1C(C)(C)CC(OC(=O)COc2ccc(-c3nc(-c4ccc(C)cc4C)nc(-c4ccc(C)cc4C)n3)c(O)c2)CC1(C)C. The average molecular weight is 723 g/mol. The van der Waals surface area contributed by atoms with Crippen molar-refractivity contribution in [3.8, 4) is 45.7 Å². The van der Waals surface area contributed by atoms with Crippen molar-refractivity contribution >= 4 is 5.97 Å². The minimum atomic E-state index is -0.458. The maximum absolute atomic E-state index is 13.0. The predicted molar refractivity (Wildman–Crippen MR) is 211 cm³/mol. The summed E-state index contributed by atoms with van der Waals surface area (Å²) in [6, 6.07) is 17.2. The number of ether oxygens (including phenoxy) is 2. The number of hydrogen-bond donors (Lipinski definition) is 1. The molecule has 0 bridgehead atoms. The molecule has 3 aromatic carbocycles. The first-order chi connectivity index (χ1) is 25.2. The van der Waals surface area contributed by atoms with Crippen LogP contribution in [0.1, 0.15) is 108 Å². The lowest BCUT2D eigenvalue weighted by molar-refractivity contribution is -0.293. The molecule has 0 unspecified atom stereocenters. The zero-order valence-corrected chi connectivity index (χ0v) is 33.2. The van der Waals surface area contributed by atoms with Gasteiger partial charge >= 0.3 is 5.97 Å². The highest BCUT2D eigenvalue weighted by Gasteiger charge is 2.47. The van der Waals surface area contributed by atoms with E-state index in [9.17, 15) is 9.90 Å². The van der Waals surface area contributed by atoms with Gasteiger partial charge in [-0.25, -0.2) is 19.7 Å². The van der Waals surface area contributed by atoms with E-state index >= 15 is 0 Å². The number of hydrogen-bond acceptors (Lipinski definition) is 9. The second-order valence-corrected chi connectivity index (χ2v) is 16.0. The lowest BCUT2D eigenvalue weighted by Crippen LogP contribution is -2.62. The number of phenols is 1. The molecular formula is C44H58N4O5. The van der Waals surface area contributed by atoms with E-state index in [0.29, 0.717) is 48.2 Å². The molecule has 0 saturated carbocycles. The molecule has 4 aromatic rings. The smallest absolute Gasteiger partial charge is 0.344 e. The molecule has 1 aromatic heterocycles. The number of nitrogens with zero attached hydrogens (tertiary/aromatic N) is 4. The minimum Gasteiger partial charge on any atom is -0.507 e. The van der Waals surface area contributed by atoms with Crippen molar-refractivity contribution in [3.63, 3.8) is 0 Å². The van der Waals surface area contributed by atoms with E-state index in [1.807, 2.05) is 38.1 Å². The van der Waals surface area contributed by atoms with Gasteiger partial charge in [0, 0.05) is 41.1 Å². The summed E-state index contributed by atoms with van der Waals surface area (Å²) in [7, 11) is 0. The molecule has 53 heavy (non-hydrogen) atoms. The summed E-state index contributed by atoms with van der Waals surface area (Å²) in [5.74, 6) is 1.18. The van der Waals surface area contributed by atoms with Crippen LogP contribution in [0.25, 0.3) is 34.2 Å². The predicted octanol–water partition coefficient (Wildman–Crippen LogP) is 10.0. The van der Waals surface area contributed by atoms with Gasteiger partial charge in [0.15, 0.2) is 24.1 Å². The number of benzene rings is 3. The van der Waals surface area contributed by atoms with Crippen LogP contribution >= 0.6 is 0 Å². The van der Waals surface area contributed by atoms with E-state index in [4.69, 9.17) is 29.3 Å². The topological polar surface area (TPSA) is 107 Å². The van der Waals surface area contributed by atoms with Crippen molar-refractivity contribution < 1.29 is 24.2 Å². The van der Waals surface area contributed by atoms with Gasteiger partial charge < -0.3 is 14.6 Å². The highest BCUT2D eigenvalue weighted by Crippen LogP contribution is 2.40. The number of hydroxylamine groups is 2. The minimum absolute atomic E-state index is 0.0722. The van der Waals surface area contributed by atoms with Crippen molar-refractivity contribution in [2.45, 2.75) is 131 Å². The third-order valence-corrected chi connectivity index (χ3v) is 10.0. The quantitative estimate of drug-likeness (QED) is 0.0948. The second kappa shape index (κ2) is 17.2. The first-order valence-electron chi connectivity index (χ1n) is 19.2. The number of carbonyl (C=O) groups is 1. The van der Waals surface area contributed by atoms with Crippen molar-refractivity contribution in [3.05, 3.63) is 76.9 Å². The van der Waals surface area contributed by atoms with Crippen LogP contribution in [-0.2, 0) is 14.4 Å². The van der Waals surface area contributed by atoms with E-state index in [0.717, 1.165) is 39.8 Å². The lowest BCUT2D eigenvalue weighted by Gasteiger charge is -2.53. The standard InChI is InChI=1S/C44H58N4O5/c1-10-11-12-13-14-15-22-52-48-43(6,7)26-34(27-44(48,8)9)53-39(50)28-51-33-18-21-37(38(49)25-33)42-46-40(35-19-16-29(2)23-31(35)4)45-41(47-42)36-20-17-30(3)24-32(36)5/h16-21,23-25,34,49H,10-15,22,26-28H2,1-9H3. The normalized spacial score (nSPS) is 15.7. The Morgan fingerprint density at radius 1 is 0.736 bits per heavy atom. The largest absolute Gasteiger partial charge is 0.507 e. The van der Waals surface area contributed by atoms with Crippen LogP contribution in [0.15, 0.2) is 54.6 Å². The Morgan fingerprint density at radius 3 is 1.77 bits per heavy atom. The van der Waals surface area contributed by atoms with Crippen LogP contribution in [0.5, 0.6) is 11.5 Å². The number of rotatable bonds is 15. The molecule has 0 spiro atoms. The highest BCUT2D eigenvalue weighted by atomic mass is 16.7. The van der Waals surface area contributed by atoms with Crippen LogP contribution in [0.2, 0.25) is 0 Å². The molecule has 9 nitrogen and oxygen atoms in total. The van der Waals surface area contributed by atoms with E-state index in [-0.39, 0.29) is 29.5 Å². The van der Waals surface area contributed by atoms with Crippen LogP contribution in [0.3, 0.4) is 0 Å². The number of phenolic OH excluding ortho intramolecular Hbond substituents is 1. The molecule has 9 heteroatoms. The number of unbranched alkanes of at least 4 members (excludes halogenated alkanes) is 5. The Bertz CT molecular complexity index is 1800. The molecule has 5 rings (SSSR count). The van der Waals surface area contributed by atoms with E-state index in [2.05, 4.69) is 65.7 Å². The molecule has 1 fully saturated rings. The van der Waals surface area contributed by atoms with Crippen molar-refractivity contribution in [2.24, 2.45) is 0 Å². The zero-order valence-electron chi connectivity index (χ0n) is 33.2. The lowest BCUT2D eigenvalue weighted by atomic mass is 9.80. The van der Waals surface area contributed by atoms with E-state index in [1.54, 1.807) is 12.1 Å². The van der Waals surface area contributed by atoms with Gasteiger partial charge in [-0.15, -0.1) is 0 Å². The molecule has 1 aliphatic heterocycles. The third kappa shape index (κ3) is 10.2. The van der Waals surface area contributed by atoms with Gasteiger partial charge in [-0.3, -0.25) is 4.84 Å². The van der Waals surface area contributed by atoms with Crippen molar-refractivity contribution in [1.29, 1.82) is 0 Å². The molecular weight excluding hydrogens is 665 g/mol. The molecule has 2 heterocycles. The average Bonchev–Trinajstić information content (AvgIpc) is 3.07. The number of aromatic nitrogens is 3. The maximum atomic E-state index is 13.0. The van der Waals surface area contributed by atoms with Crippen LogP contribution in [0.4, 0.5) is 0 Å². The van der Waals surface area contributed by atoms with Gasteiger partial charge in [-0.1, -0.05) is 86.6 Å². The maximum Gasteiger partial charge on any atom is 0.344 e. The van der Waals surface area contributed by atoms with Crippen molar-refractivity contribution in [2.75, 3.05) is 13.2 Å². The monoisotopic (exact) mass is 722 g/mol. The van der Waals surface area contributed by atoms with Crippen LogP contribution in [0, 0.1) is 27.7 Å². The van der Waals surface area contributed by atoms with Crippen LogP contribution < -0.4 is 4.74 Å². The fourth-order valence-electron chi connectivity index (χ4n) is 7.66. The second-order valence-electron chi connectivity index (χ2n) is 16.0. The Hall–Kier alpha value is -4.34. The molecule has 0 amide bonds. The Kier molecular flexibility index (Phi) is 12.9. The van der Waals surface area contributed by atoms with Gasteiger partial charge in [-0.2, -0.15) is 5.06 Å². The first kappa shape index (κ1) is 39.9. The first-order valence-corrected chi connectivity index (χ1v) is 19.2. The van der Waals surface area contributed by atoms with Crippen LogP contribution in [-0.4, -0.2) is 61.5 Å². The van der Waals surface area contributed by atoms with Gasteiger partial charge in [0.05, 0.1) is 12.2 Å². The molecule has 1 saturated heterocycles. The van der Waals surface area contributed by atoms with Gasteiger partial charge in [0.2, 0.25) is 0 Å². The Balaban J connectivity index is 1.25. The summed E-state index contributed by atoms with van der Waals surface area (Å²) < 4.78 is 11.8. The molecule has 1 aliphatic rings. The summed E-state index contributed by atoms with van der Waals surface area (Å²) in [6.45, 7) is 19.4. The van der Waals surface area contributed by atoms with E-state index < -0.39 is 5.97 Å². The molecule has 284 valence electrons. The van der Waals surface area contributed by atoms with Gasteiger partial charge in [0.25, 0.3) is 0 Å². The number of carbonyl (C=O) groups excluding carboxylic acids is 1. The fraction of sp³-hybridized carbons (Fsp3) is 0.500. The molecule has 0 radical (unpaired) electrons. The summed E-state index contributed by atoms with van der Waals surface area (Å²) in [5.41, 5.74) is 5.96. The van der Waals surface area contributed by atoms with Gasteiger partial charge in [-0.05, 0) is 85.1 Å². The summed E-state index contributed by atoms with van der Waals surface area (Å²) in [4.78, 5) is 33.9. The molecule has 0 atom stereocenters.